The highest BCUT2D eigenvalue weighted by molar-refractivity contribution is 5.56. The molecule has 0 saturated heterocycles. The monoisotopic (exact) mass is 288 g/mol. The van der Waals surface area contributed by atoms with E-state index >= 15 is 0 Å². The zero-order chi connectivity index (χ0) is 15.2. The minimum absolute atomic E-state index is 0.275. The molecule has 0 amide bonds. The molecule has 2 N–H and O–H groups in total. The van der Waals surface area contributed by atoms with Crippen molar-refractivity contribution < 1.29 is 9.72 Å². The van der Waals surface area contributed by atoms with Crippen molar-refractivity contribution >= 4 is 5.82 Å². The molecule has 0 unspecified atom stereocenters. The van der Waals surface area contributed by atoms with Crippen LogP contribution in [-0.2, 0) is 17.6 Å². The molecule has 0 aromatic carbocycles. The predicted octanol–water partition coefficient (Wildman–Crippen LogP) is 2.79. The first-order valence-electron chi connectivity index (χ1n) is 7.96. The van der Waals surface area contributed by atoms with Gasteiger partial charge >= 0.3 is 0 Å². The van der Waals surface area contributed by atoms with Crippen molar-refractivity contribution in [3.63, 3.8) is 0 Å². The van der Waals surface area contributed by atoms with E-state index in [0.717, 1.165) is 43.8 Å². The van der Waals surface area contributed by atoms with Crippen LogP contribution in [-0.4, -0.2) is 19.3 Å². The lowest BCUT2D eigenvalue weighted by Gasteiger charge is -2.18. The van der Waals surface area contributed by atoms with E-state index in [9.17, 15) is 5.26 Å². The van der Waals surface area contributed by atoms with Crippen LogP contribution in [0.25, 0.3) is 0 Å². The quantitative estimate of drug-likeness (QED) is 0.819. The number of fused-ring (bicyclic) bond motifs is 1. The van der Waals surface area contributed by atoms with Crippen LogP contribution in [0.15, 0.2) is 0 Å². The van der Waals surface area contributed by atoms with Gasteiger partial charge in [-0.3, -0.25) is 5.32 Å². The molecule has 4 nitrogen and oxygen atoms in total. The molecule has 0 atom stereocenters. The summed E-state index contributed by atoms with van der Waals surface area (Å²) in [6.07, 6.45) is 5.75. The second kappa shape index (κ2) is 7.42. The summed E-state index contributed by atoms with van der Waals surface area (Å²) >= 11 is 0. The maximum atomic E-state index is 9.51. The van der Waals surface area contributed by atoms with E-state index in [-0.39, 0.29) is 6.10 Å². The zero-order valence-electron chi connectivity index (χ0n) is 13.4. The Hall–Kier alpha value is -1.60. The summed E-state index contributed by atoms with van der Waals surface area (Å²) in [5.74, 6) is 0.875. The van der Waals surface area contributed by atoms with Crippen molar-refractivity contribution in [2.24, 2.45) is 0 Å². The number of hydrogen-bond acceptors (Lipinski definition) is 3. The number of nitriles is 1. The Morgan fingerprint density at radius 2 is 2.00 bits per heavy atom. The Morgan fingerprint density at radius 1 is 1.29 bits per heavy atom. The number of aromatic nitrogens is 1. The van der Waals surface area contributed by atoms with Crippen molar-refractivity contribution in [1.29, 1.82) is 5.26 Å². The van der Waals surface area contributed by atoms with Crippen molar-refractivity contribution in [2.75, 3.05) is 18.5 Å². The molecule has 1 aliphatic rings. The van der Waals surface area contributed by atoms with Gasteiger partial charge in [0, 0.05) is 6.42 Å². The summed E-state index contributed by atoms with van der Waals surface area (Å²) in [7, 11) is 0. The first kappa shape index (κ1) is 15.8. The number of hydrogen-bond donors (Lipinski definition) is 1. The van der Waals surface area contributed by atoms with Gasteiger partial charge in [-0.15, -0.1) is 0 Å². The van der Waals surface area contributed by atoms with E-state index < -0.39 is 0 Å². The van der Waals surface area contributed by atoms with E-state index in [1.54, 1.807) is 0 Å². The minimum atomic E-state index is 0.275. The van der Waals surface area contributed by atoms with Gasteiger partial charge < -0.3 is 4.74 Å². The topological polar surface area (TPSA) is 59.2 Å². The Kier molecular flexibility index (Phi) is 5.58. The van der Waals surface area contributed by atoms with Crippen molar-refractivity contribution in [1.82, 2.24) is 0 Å². The maximum absolute atomic E-state index is 9.51. The Balaban J connectivity index is 2.06. The second-order valence-electron chi connectivity index (χ2n) is 5.98. The predicted molar refractivity (Wildman–Crippen MR) is 83.3 cm³/mol. The average molecular weight is 288 g/mol. The minimum Gasteiger partial charge on any atom is -0.379 e. The van der Waals surface area contributed by atoms with Crippen LogP contribution in [0.4, 0.5) is 5.82 Å². The van der Waals surface area contributed by atoms with Crippen LogP contribution in [0, 0.1) is 18.3 Å². The van der Waals surface area contributed by atoms with Gasteiger partial charge in [0.25, 0.3) is 5.82 Å². The van der Waals surface area contributed by atoms with Gasteiger partial charge in [-0.05, 0) is 57.6 Å². The summed E-state index contributed by atoms with van der Waals surface area (Å²) in [5, 5.41) is 12.9. The molecule has 0 fully saturated rings. The van der Waals surface area contributed by atoms with Crippen LogP contribution in [0.1, 0.15) is 55.5 Å². The fourth-order valence-electron chi connectivity index (χ4n) is 2.93. The van der Waals surface area contributed by atoms with Gasteiger partial charge in [-0.2, -0.15) is 5.26 Å². The number of ether oxygens (including phenoxy) is 1. The van der Waals surface area contributed by atoms with Crippen LogP contribution in [0.3, 0.4) is 0 Å². The third-order valence-corrected chi connectivity index (χ3v) is 3.97. The molecule has 2 rings (SSSR count). The summed E-state index contributed by atoms with van der Waals surface area (Å²) in [6, 6.07) is 2.39. The molecule has 0 spiro atoms. The Labute approximate surface area is 127 Å². The van der Waals surface area contributed by atoms with E-state index in [1.165, 1.54) is 29.7 Å². The van der Waals surface area contributed by atoms with Crippen molar-refractivity contribution in [3.8, 4) is 6.07 Å². The van der Waals surface area contributed by atoms with Gasteiger partial charge in [0.2, 0.25) is 0 Å². The zero-order valence-corrected chi connectivity index (χ0v) is 13.4. The molecular weight excluding hydrogens is 262 g/mol. The lowest BCUT2D eigenvalue weighted by atomic mass is 9.88. The van der Waals surface area contributed by atoms with E-state index in [0.29, 0.717) is 0 Å². The smallest absolute Gasteiger partial charge is 0.290 e. The normalized spacial score (nSPS) is 13.9. The van der Waals surface area contributed by atoms with Crippen LogP contribution >= 0.6 is 0 Å². The second-order valence-corrected chi connectivity index (χ2v) is 5.98. The highest BCUT2D eigenvalue weighted by Gasteiger charge is 2.23. The molecule has 21 heavy (non-hydrogen) atoms. The van der Waals surface area contributed by atoms with Crippen LogP contribution < -0.4 is 10.3 Å². The number of pyridine rings is 1. The average Bonchev–Trinajstić information content (AvgIpc) is 2.47. The molecule has 1 aromatic rings. The van der Waals surface area contributed by atoms with Gasteiger partial charge in [0.1, 0.15) is 17.3 Å². The molecule has 1 aliphatic carbocycles. The SMILES string of the molecule is Cc1[nH+]c(NCCCOC(C)C)c(C#N)c2c1CCCC2. The number of aromatic amines is 1. The highest BCUT2D eigenvalue weighted by atomic mass is 16.5. The molecule has 0 bridgehead atoms. The summed E-state index contributed by atoms with van der Waals surface area (Å²) in [5.41, 5.74) is 4.61. The molecule has 0 radical (unpaired) electrons. The number of anilines is 1. The third-order valence-electron chi connectivity index (χ3n) is 3.97. The lowest BCUT2D eigenvalue weighted by Crippen LogP contribution is -2.24. The molecular formula is C17H26N3O+. The molecule has 4 heteroatoms. The Morgan fingerprint density at radius 3 is 2.67 bits per heavy atom. The van der Waals surface area contributed by atoms with Gasteiger partial charge in [-0.1, -0.05) is 0 Å². The highest BCUT2D eigenvalue weighted by Crippen LogP contribution is 2.27. The third kappa shape index (κ3) is 3.95. The van der Waals surface area contributed by atoms with E-state index in [4.69, 9.17) is 4.74 Å². The standard InChI is InChI=1S/C17H25N3O/c1-12(2)21-10-6-9-19-17-16(11-18)15-8-5-4-7-14(15)13(3)20-17/h12H,4-10H2,1-3H3,(H,19,20)/p+1. The molecule has 0 aliphatic heterocycles. The number of aryl methyl sites for hydroxylation is 1. The fourth-order valence-corrected chi connectivity index (χ4v) is 2.93. The van der Waals surface area contributed by atoms with Gasteiger partial charge in [0.05, 0.1) is 19.3 Å². The van der Waals surface area contributed by atoms with E-state index in [1.807, 2.05) is 13.8 Å². The Bertz CT molecular complexity index is 532. The maximum Gasteiger partial charge on any atom is 0.290 e. The van der Waals surface area contributed by atoms with Crippen LogP contribution in [0.2, 0.25) is 0 Å². The number of nitrogens with one attached hydrogen (secondary N) is 2. The van der Waals surface area contributed by atoms with E-state index in [2.05, 4.69) is 23.3 Å². The van der Waals surface area contributed by atoms with Crippen LogP contribution in [0.5, 0.6) is 0 Å². The summed E-state index contributed by atoms with van der Waals surface area (Å²) in [6.45, 7) is 7.76. The van der Waals surface area contributed by atoms with Gasteiger partial charge in [0.15, 0.2) is 0 Å². The number of nitrogens with zero attached hydrogens (tertiary/aromatic N) is 1. The van der Waals surface area contributed by atoms with Crippen molar-refractivity contribution in [3.05, 3.63) is 22.4 Å². The van der Waals surface area contributed by atoms with Gasteiger partial charge in [-0.25, -0.2) is 4.98 Å². The molecule has 114 valence electrons. The molecule has 0 saturated carbocycles. The first-order valence-corrected chi connectivity index (χ1v) is 7.96. The molecule has 1 heterocycles. The first-order chi connectivity index (χ1) is 10.1. The number of rotatable bonds is 6. The largest absolute Gasteiger partial charge is 0.379 e. The summed E-state index contributed by atoms with van der Waals surface area (Å²) in [4.78, 5) is 3.38. The lowest BCUT2D eigenvalue weighted by molar-refractivity contribution is -0.372. The van der Waals surface area contributed by atoms with Crippen molar-refractivity contribution in [2.45, 2.75) is 59.0 Å². The summed E-state index contributed by atoms with van der Waals surface area (Å²) < 4.78 is 5.54. The molecule has 1 aromatic heterocycles. The number of H-pyrrole nitrogens is 1. The fraction of sp³-hybridized carbons (Fsp3) is 0.647.